The summed E-state index contributed by atoms with van der Waals surface area (Å²) in [6, 6.07) is 21.1. The highest BCUT2D eigenvalue weighted by molar-refractivity contribution is 6.32. The number of ether oxygens (including phenoxy) is 2. The summed E-state index contributed by atoms with van der Waals surface area (Å²) in [7, 11) is 0. The number of hydrogen-bond acceptors (Lipinski definition) is 5. The number of Topliss-reactive ketones (excluding diaryl/α,β-unsaturated/α-hetero) is 1. The Morgan fingerprint density at radius 2 is 1.84 bits per heavy atom. The molecule has 4 aromatic rings. The van der Waals surface area contributed by atoms with Gasteiger partial charge in [-0.2, -0.15) is 0 Å². The van der Waals surface area contributed by atoms with Crippen LogP contribution in [-0.2, 0) is 11.2 Å². The first-order chi connectivity index (χ1) is 17.9. The lowest BCUT2D eigenvalue weighted by molar-refractivity contribution is -0.139. The van der Waals surface area contributed by atoms with E-state index in [-0.39, 0.29) is 17.2 Å². The number of nitrogens with zero attached hydrogens (tertiary/aromatic N) is 1. The number of ketones is 1. The molecule has 0 fully saturated rings. The van der Waals surface area contributed by atoms with E-state index in [1.165, 1.54) is 0 Å². The van der Waals surface area contributed by atoms with Gasteiger partial charge in [0.1, 0.15) is 17.2 Å². The van der Waals surface area contributed by atoms with Crippen LogP contribution in [0.3, 0.4) is 0 Å². The summed E-state index contributed by atoms with van der Waals surface area (Å²) in [5.74, 6) is -0.359. The van der Waals surface area contributed by atoms with Gasteiger partial charge < -0.3 is 14.6 Å². The van der Waals surface area contributed by atoms with Gasteiger partial charge in [0, 0.05) is 40.4 Å². The van der Waals surface area contributed by atoms with E-state index in [1.807, 2.05) is 30.3 Å². The maximum atomic E-state index is 12.8. The van der Waals surface area contributed by atoms with Gasteiger partial charge in [-0.1, -0.05) is 41.4 Å². The average Bonchev–Trinajstić information content (AvgIpc) is 2.89. The van der Waals surface area contributed by atoms with E-state index in [0.29, 0.717) is 46.4 Å². The molecule has 2 heterocycles. The molecule has 0 bridgehead atoms. The number of carboxylic acids is 1. The molecule has 8 heteroatoms. The highest BCUT2D eigenvalue weighted by atomic mass is 35.5. The molecule has 0 spiro atoms. The van der Waals surface area contributed by atoms with Gasteiger partial charge in [0.15, 0.2) is 5.78 Å². The van der Waals surface area contributed by atoms with E-state index in [1.54, 1.807) is 48.7 Å². The molecule has 0 radical (unpaired) electrons. The molecule has 0 amide bonds. The molecule has 1 aliphatic heterocycles. The van der Waals surface area contributed by atoms with Crippen LogP contribution in [0.2, 0.25) is 10.0 Å². The van der Waals surface area contributed by atoms with Crippen LogP contribution in [-0.4, -0.2) is 28.4 Å². The number of aromatic nitrogens is 1. The van der Waals surface area contributed by atoms with Gasteiger partial charge in [-0.05, 0) is 60.5 Å². The molecule has 1 atom stereocenters. The van der Waals surface area contributed by atoms with Gasteiger partial charge in [0.25, 0.3) is 0 Å². The largest absolute Gasteiger partial charge is 0.493 e. The molecule has 1 unspecified atom stereocenters. The number of aliphatic carboxylic acids is 1. The minimum atomic E-state index is -0.914. The first-order valence-corrected chi connectivity index (χ1v) is 12.3. The summed E-state index contributed by atoms with van der Waals surface area (Å²) in [6.45, 7) is 0.306. The number of benzene rings is 3. The zero-order valence-corrected chi connectivity index (χ0v) is 21.0. The number of pyridine rings is 1. The van der Waals surface area contributed by atoms with Crippen LogP contribution in [0.1, 0.15) is 33.8 Å². The molecule has 1 aliphatic rings. The topological polar surface area (TPSA) is 85.7 Å². The predicted molar refractivity (Wildman–Crippen MR) is 141 cm³/mol. The number of carbonyl (C=O) groups excluding carboxylic acids is 1. The standard InChI is InChI=1S/C29H21Cl2NO5/c30-20-3-1-2-19(13-20)25-9-4-17(16-32-25)12-26(33)18-5-7-21(8-6-18)37-28-15-27-23(14-24(28)31)22(29(34)35)10-11-36-27/h1-9,13-16,22H,10-12H2,(H,34,35). The summed E-state index contributed by atoms with van der Waals surface area (Å²) in [6.07, 6.45) is 2.29. The Kier molecular flexibility index (Phi) is 7.12. The van der Waals surface area contributed by atoms with Crippen molar-refractivity contribution in [3.63, 3.8) is 0 Å². The third-order valence-corrected chi connectivity index (χ3v) is 6.65. The normalized spacial score (nSPS) is 14.4. The zero-order valence-electron chi connectivity index (χ0n) is 19.5. The number of carboxylic acid groups (broad SMARTS) is 1. The molecular formula is C29H21Cl2NO5. The minimum absolute atomic E-state index is 0.0521. The number of fused-ring (bicyclic) bond motifs is 1. The van der Waals surface area contributed by atoms with Crippen LogP contribution in [0.15, 0.2) is 79.0 Å². The first-order valence-electron chi connectivity index (χ1n) is 11.6. The Hall–Kier alpha value is -3.87. The molecule has 0 saturated carbocycles. The lowest BCUT2D eigenvalue weighted by Gasteiger charge is -2.24. The number of carbonyl (C=O) groups is 2. The second kappa shape index (κ2) is 10.6. The zero-order chi connectivity index (χ0) is 25.9. The van der Waals surface area contributed by atoms with E-state index in [9.17, 15) is 14.7 Å². The summed E-state index contributed by atoms with van der Waals surface area (Å²) < 4.78 is 11.5. The number of halogens is 2. The monoisotopic (exact) mass is 533 g/mol. The van der Waals surface area contributed by atoms with Crippen LogP contribution in [0.4, 0.5) is 0 Å². The van der Waals surface area contributed by atoms with Crippen LogP contribution in [0, 0.1) is 0 Å². The van der Waals surface area contributed by atoms with Gasteiger partial charge in [0.2, 0.25) is 0 Å². The Labute approximate surface area is 223 Å². The molecule has 0 saturated heterocycles. The van der Waals surface area contributed by atoms with Crippen molar-refractivity contribution >= 4 is 35.0 Å². The third-order valence-electron chi connectivity index (χ3n) is 6.12. The predicted octanol–water partition coefficient (Wildman–Crippen LogP) is 7.22. The molecule has 5 rings (SSSR count). The molecule has 186 valence electrons. The van der Waals surface area contributed by atoms with E-state index >= 15 is 0 Å². The fraction of sp³-hybridized carbons (Fsp3) is 0.138. The van der Waals surface area contributed by atoms with Gasteiger partial charge in [-0.15, -0.1) is 0 Å². The van der Waals surface area contributed by atoms with Gasteiger partial charge >= 0.3 is 5.97 Å². The molecule has 1 N–H and O–H groups in total. The Balaban J connectivity index is 1.25. The van der Waals surface area contributed by atoms with Crippen molar-refractivity contribution in [1.29, 1.82) is 0 Å². The van der Waals surface area contributed by atoms with E-state index in [2.05, 4.69) is 4.98 Å². The number of rotatable bonds is 7. The van der Waals surface area contributed by atoms with Crippen LogP contribution in [0.5, 0.6) is 17.2 Å². The van der Waals surface area contributed by atoms with E-state index in [0.717, 1.165) is 16.8 Å². The smallest absolute Gasteiger partial charge is 0.311 e. The highest BCUT2D eigenvalue weighted by Crippen LogP contribution is 2.41. The van der Waals surface area contributed by atoms with Crippen molar-refractivity contribution in [3.8, 4) is 28.5 Å². The van der Waals surface area contributed by atoms with Crippen molar-refractivity contribution < 1.29 is 24.2 Å². The van der Waals surface area contributed by atoms with Gasteiger partial charge in [-0.3, -0.25) is 14.6 Å². The summed E-state index contributed by atoms with van der Waals surface area (Å²) in [4.78, 5) is 28.8. The molecule has 37 heavy (non-hydrogen) atoms. The molecule has 1 aromatic heterocycles. The van der Waals surface area contributed by atoms with Gasteiger partial charge in [-0.25, -0.2) is 0 Å². The fourth-order valence-corrected chi connectivity index (χ4v) is 4.60. The average molecular weight is 534 g/mol. The molecule has 0 aliphatic carbocycles. The van der Waals surface area contributed by atoms with Crippen LogP contribution < -0.4 is 9.47 Å². The fourth-order valence-electron chi connectivity index (χ4n) is 4.20. The van der Waals surface area contributed by atoms with Crippen molar-refractivity contribution in [2.24, 2.45) is 0 Å². The van der Waals surface area contributed by atoms with Crippen molar-refractivity contribution in [3.05, 3.63) is 106 Å². The minimum Gasteiger partial charge on any atom is -0.493 e. The van der Waals surface area contributed by atoms with E-state index < -0.39 is 11.9 Å². The molecule has 3 aromatic carbocycles. The second-order valence-corrected chi connectivity index (χ2v) is 9.48. The van der Waals surface area contributed by atoms with Crippen LogP contribution >= 0.6 is 23.2 Å². The SMILES string of the molecule is O=C(Cc1ccc(-c2cccc(Cl)c2)nc1)c1ccc(Oc2cc3c(cc2Cl)C(C(=O)O)CCO3)cc1. The second-order valence-electron chi connectivity index (χ2n) is 8.64. The maximum absolute atomic E-state index is 12.8. The Morgan fingerprint density at radius 1 is 1.03 bits per heavy atom. The first kappa shape index (κ1) is 24.8. The number of hydrogen-bond donors (Lipinski definition) is 1. The summed E-state index contributed by atoms with van der Waals surface area (Å²) >= 11 is 12.4. The lowest BCUT2D eigenvalue weighted by atomic mass is 9.93. The van der Waals surface area contributed by atoms with Crippen LogP contribution in [0.25, 0.3) is 11.3 Å². The third kappa shape index (κ3) is 5.61. The van der Waals surface area contributed by atoms with Crippen molar-refractivity contribution in [1.82, 2.24) is 4.98 Å². The molecular weight excluding hydrogens is 513 g/mol. The highest BCUT2D eigenvalue weighted by Gasteiger charge is 2.29. The Bertz CT molecular complexity index is 1470. The summed E-state index contributed by atoms with van der Waals surface area (Å²) in [5, 5.41) is 10.4. The van der Waals surface area contributed by atoms with E-state index in [4.69, 9.17) is 32.7 Å². The molecule has 6 nitrogen and oxygen atoms in total. The van der Waals surface area contributed by atoms with Gasteiger partial charge in [0.05, 0.1) is 23.2 Å². The maximum Gasteiger partial charge on any atom is 0.311 e. The van der Waals surface area contributed by atoms with Crippen molar-refractivity contribution in [2.75, 3.05) is 6.61 Å². The Morgan fingerprint density at radius 3 is 2.54 bits per heavy atom. The lowest BCUT2D eigenvalue weighted by Crippen LogP contribution is -2.20. The summed E-state index contributed by atoms with van der Waals surface area (Å²) in [5.41, 5.74) is 3.57. The quantitative estimate of drug-likeness (QED) is 0.252. The van der Waals surface area contributed by atoms with Crippen molar-refractivity contribution in [2.45, 2.75) is 18.8 Å².